The first kappa shape index (κ1) is 17.5. The van der Waals surface area contributed by atoms with Crippen LogP contribution in [-0.2, 0) is 0 Å². The van der Waals surface area contributed by atoms with Crippen molar-refractivity contribution in [1.82, 2.24) is 10.6 Å². The first-order valence-corrected chi connectivity index (χ1v) is 9.95. The molecule has 5 N–H and O–H groups in total. The van der Waals surface area contributed by atoms with E-state index in [0.29, 0.717) is 16.4 Å². The summed E-state index contributed by atoms with van der Waals surface area (Å²) in [6.07, 6.45) is 0. The van der Waals surface area contributed by atoms with Gasteiger partial charge in [-0.2, -0.15) is 0 Å². The van der Waals surface area contributed by atoms with Crippen LogP contribution in [0, 0.1) is 16.2 Å². The Kier molecular flexibility index (Phi) is 4.07. The Morgan fingerprint density at radius 1 is 0.586 bits per heavy atom. The van der Waals surface area contributed by atoms with E-state index in [4.69, 9.17) is 16.2 Å². The molecule has 0 aliphatic carbocycles. The smallest absolute Gasteiger partial charge is 0.164 e. The average Bonchev–Trinajstić information content (AvgIpc) is 3.26. The summed E-state index contributed by atoms with van der Waals surface area (Å²) in [6, 6.07) is 24.5. The molecule has 0 aromatic heterocycles. The molecule has 0 bridgehead atoms. The zero-order valence-electron chi connectivity index (χ0n) is 15.3. The monoisotopic (exact) mass is 395 g/mol. The van der Waals surface area contributed by atoms with Crippen LogP contribution in [0.2, 0.25) is 0 Å². The predicted octanol–water partition coefficient (Wildman–Crippen LogP) is 4.87. The van der Waals surface area contributed by atoms with E-state index in [9.17, 15) is 0 Å². The normalized spacial score (nSPS) is 17.9. The highest BCUT2D eigenvalue weighted by Crippen LogP contribution is 2.41. The van der Waals surface area contributed by atoms with Crippen LogP contribution >= 0.6 is 11.8 Å². The molecule has 6 heteroatoms. The van der Waals surface area contributed by atoms with Crippen LogP contribution in [0.5, 0.6) is 0 Å². The molecule has 29 heavy (non-hydrogen) atoms. The van der Waals surface area contributed by atoms with Crippen molar-refractivity contribution in [2.75, 3.05) is 0 Å². The molecule has 1 saturated heterocycles. The van der Waals surface area contributed by atoms with Gasteiger partial charge in [0.2, 0.25) is 0 Å². The lowest BCUT2D eigenvalue weighted by Crippen LogP contribution is -2.20. The number of benzene rings is 3. The lowest BCUT2D eigenvalue weighted by molar-refractivity contribution is 1.28. The number of nitrogens with one attached hydrogen (secondary N) is 5. The van der Waals surface area contributed by atoms with Gasteiger partial charge in [-0.25, -0.2) is 0 Å². The highest BCUT2D eigenvalue weighted by atomic mass is 32.2. The highest BCUT2D eigenvalue weighted by molar-refractivity contribution is 8.18. The maximum atomic E-state index is 8.48. The lowest BCUT2D eigenvalue weighted by atomic mass is 9.90. The third-order valence-electron chi connectivity index (χ3n) is 5.01. The second-order valence-electron chi connectivity index (χ2n) is 6.81. The van der Waals surface area contributed by atoms with Crippen LogP contribution in [0.25, 0.3) is 28.0 Å². The third kappa shape index (κ3) is 2.94. The highest BCUT2D eigenvalue weighted by Gasteiger charge is 2.31. The maximum Gasteiger partial charge on any atom is 0.164 e. The van der Waals surface area contributed by atoms with Gasteiger partial charge in [-0.05, 0) is 46.1 Å². The molecule has 3 aromatic carbocycles. The fraction of sp³-hybridized carbons (Fsp3) is 0. The van der Waals surface area contributed by atoms with Crippen molar-refractivity contribution in [2.45, 2.75) is 0 Å². The Bertz CT molecular complexity index is 1210. The quantitative estimate of drug-likeness (QED) is 0.428. The Hall–Kier alpha value is -3.64. The first-order valence-electron chi connectivity index (χ1n) is 9.13. The van der Waals surface area contributed by atoms with Gasteiger partial charge in [0.15, 0.2) is 5.17 Å². The Balaban J connectivity index is 1.78. The van der Waals surface area contributed by atoms with Gasteiger partial charge in [0.25, 0.3) is 0 Å². The van der Waals surface area contributed by atoms with Gasteiger partial charge in [-0.1, -0.05) is 60.7 Å². The fourth-order valence-corrected chi connectivity index (χ4v) is 4.46. The first-order chi connectivity index (χ1) is 14.1. The summed E-state index contributed by atoms with van der Waals surface area (Å²) >= 11 is 1.21. The third-order valence-corrected chi connectivity index (χ3v) is 5.93. The minimum atomic E-state index is 0.191. The Morgan fingerprint density at radius 2 is 1.14 bits per heavy atom. The second-order valence-corrected chi connectivity index (χ2v) is 7.83. The van der Waals surface area contributed by atoms with Crippen LogP contribution in [0.1, 0.15) is 11.1 Å². The number of fused-ring (bicyclic) bond motifs is 1. The van der Waals surface area contributed by atoms with Crippen molar-refractivity contribution in [1.29, 1.82) is 16.2 Å². The maximum absolute atomic E-state index is 8.48. The molecule has 0 spiro atoms. The average molecular weight is 395 g/mol. The van der Waals surface area contributed by atoms with Crippen LogP contribution in [0.4, 0.5) is 0 Å². The largest absolute Gasteiger partial charge is 0.339 e. The minimum absolute atomic E-state index is 0.191. The number of hydrogen-bond donors (Lipinski definition) is 5. The van der Waals surface area contributed by atoms with Gasteiger partial charge in [0, 0.05) is 11.1 Å². The van der Waals surface area contributed by atoms with Crippen LogP contribution < -0.4 is 10.6 Å². The van der Waals surface area contributed by atoms with Crippen LogP contribution in [0.15, 0.2) is 77.7 Å². The molecule has 2 aliphatic rings. The van der Waals surface area contributed by atoms with Gasteiger partial charge in [0.05, 0.1) is 10.6 Å². The van der Waals surface area contributed by atoms with Gasteiger partial charge in [0.1, 0.15) is 11.7 Å². The molecule has 0 atom stereocenters. The molecule has 0 radical (unpaired) electrons. The van der Waals surface area contributed by atoms with Gasteiger partial charge < -0.3 is 10.6 Å². The van der Waals surface area contributed by atoms with Gasteiger partial charge >= 0.3 is 0 Å². The zero-order chi connectivity index (χ0) is 20.0. The van der Waals surface area contributed by atoms with Crippen molar-refractivity contribution in [3.63, 3.8) is 0 Å². The summed E-state index contributed by atoms with van der Waals surface area (Å²) in [7, 11) is 0. The van der Waals surface area contributed by atoms with Crippen LogP contribution in [0.3, 0.4) is 0 Å². The summed E-state index contributed by atoms with van der Waals surface area (Å²) in [5.74, 6) is 0.502. The second kappa shape index (κ2) is 6.76. The number of rotatable bonds is 2. The molecule has 1 fully saturated rings. The van der Waals surface area contributed by atoms with E-state index in [1.165, 1.54) is 11.8 Å². The van der Waals surface area contributed by atoms with E-state index in [0.717, 1.165) is 33.4 Å². The molecule has 2 aliphatic heterocycles. The Morgan fingerprint density at radius 3 is 1.66 bits per heavy atom. The SMILES string of the molecule is N=C1NC(=N)/C(=C2\NC(=N)c3cc(-c4ccccc4)c(-c4ccccc4)cc32)S1. The molecule has 140 valence electrons. The van der Waals surface area contributed by atoms with Crippen molar-refractivity contribution in [2.24, 2.45) is 0 Å². The van der Waals surface area contributed by atoms with Crippen LogP contribution in [-0.4, -0.2) is 16.8 Å². The van der Waals surface area contributed by atoms with Crippen molar-refractivity contribution in [3.8, 4) is 22.3 Å². The van der Waals surface area contributed by atoms with Gasteiger partial charge in [-0.3, -0.25) is 16.2 Å². The number of thioether (sulfide) groups is 1. The van der Waals surface area contributed by atoms with E-state index in [-0.39, 0.29) is 11.0 Å². The molecule has 0 unspecified atom stereocenters. The van der Waals surface area contributed by atoms with Crippen molar-refractivity contribution in [3.05, 3.63) is 88.8 Å². The fourth-order valence-electron chi connectivity index (χ4n) is 3.69. The van der Waals surface area contributed by atoms with E-state index in [2.05, 4.69) is 47.0 Å². The molecule has 3 aromatic rings. The number of hydrogen-bond acceptors (Lipinski definition) is 4. The summed E-state index contributed by atoms with van der Waals surface area (Å²) in [5, 5.41) is 30.6. The summed E-state index contributed by atoms with van der Waals surface area (Å²) in [4.78, 5) is 0.643. The zero-order valence-corrected chi connectivity index (χ0v) is 16.2. The molecule has 2 heterocycles. The molecular formula is C23H17N5S. The summed E-state index contributed by atoms with van der Waals surface area (Å²) in [6.45, 7) is 0. The van der Waals surface area contributed by atoms with E-state index in [1.807, 2.05) is 36.4 Å². The van der Waals surface area contributed by atoms with Gasteiger partial charge in [-0.15, -0.1) is 0 Å². The van der Waals surface area contributed by atoms with Crippen molar-refractivity contribution >= 4 is 34.3 Å². The van der Waals surface area contributed by atoms with Crippen molar-refractivity contribution < 1.29 is 0 Å². The molecule has 5 rings (SSSR count). The number of amidine groups is 3. The minimum Gasteiger partial charge on any atom is -0.339 e. The predicted molar refractivity (Wildman–Crippen MR) is 120 cm³/mol. The van der Waals surface area contributed by atoms with E-state index < -0.39 is 0 Å². The lowest BCUT2D eigenvalue weighted by Gasteiger charge is -2.13. The topological polar surface area (TPSA) is 95.6 Å². The summed E-state index contributed by atoms with van der Waals surface area (Å²) < 4.78 is 0. The van der Waals surface area contributed by atoms with E-state index >= 15 is 0 Å². The molecule has 0 saturated carbocycles. The molecule has 0 amide bonds. The Labute approximate surface area is 172 Å². The summed E-state index contributed by atoms with van der Waals surface area (Å²) in [5.41, 5.74) is 6.73. The standard InChI is InChI=1S/C23H17N5S/c24-21-18-12-16(14-9-5-2-6-10-14)15(13-7-3-1-4-8-13)11-17(18)19(27-21)20-22(25)28-23(26)29-20/h1-12H,(H2,24,27)(H3,25,26,28)/b20-19+. The van der Waals surface area contributed by atoms with E-state index in [1.54, 1.807) is 0 Å². The molecular weight excluding hydrogens is 378 g/mol. The molecule has 5 nitrogen and oxygen atoms in total.